The highest BCUT2D eigenvalue weighted by atomic mass is 35.5. The van der Waals surface area contributed by atoms with Gasteiger partial charge in [-0.25, -0.2) is 8.42 Å². The highest BCUT2D eigenvalue weighted by Gasteiger charge is 2.31. The number of carbonyl (C=O) groups is 1. The van der Waals surface area contributed by atoms with Crippen LogP contribution in [0, 0.1) is 18.3 Å². The van der Waals surface area contributed by atoms with E-state index < -0.39 is 33.7 Å². The number of aromatic nitrogens is 1. The molecule has 3 aromatic rings. The van der Waals surface area contributed by atoms with Crippen LogP contribution in [0.1, 0.15) is 28.8 Å². The smallest absolute Gasteiger partial charge is 0.340 e. The number of nitrogens with zero attached hydrogens (tertiary/aromatic N) is 3. The van der Waals surface area contributed by atoms with Crippen molar-refractivity contribution in [2.75, 3.05) is 7.05 Å². The Hall–Kier alpha value is -3.33. The van der Waals surface area contributed by atoms with Gasteiger partial charge in [0.1, 0.15) is 22.7 Å². The molecule has 1 atom stereocenters. The summed E-state index contributed by atoms with van der Waals surface area (Å²) in [5.74, 6) is -0.598. The summed E-state index contributed by atoms with van der Waals surface area (Å²) in [5.41, 5.74) is 0.353. The first-order chi connectivity index (χ1) is 17.3. The number of alkyl halides is 3. The topological polar surface area (TPSA) is 95.2 Å². The van der Waals surface area contributed by atoms with Crippen LogP contribution in [0.3, 0.4) is 0 Å². The fourth-order valence-electron chi connectivity index (χ4n) is 3.83. The van der Waals surface area contributed by atoms with Gasteiger partial charge in [-0.15, -0.1) is 0 Å². The highest BCUT2D eigenvalue weighted by Crippen LogP contribution is 2.29. The van der Waals surface area contributed by atoms with E-state index in [1.165, 1.54) is 30.1 Å². The van der Waals surface area contributed by atoms with Crippen molar-refractivity contribution in [2.45, 2.75) is 43.5 Å². The summed E-state index contributed by atoms with van der Waals surface area (Å²) >= 11 is 6.15. The molecule has 12 heteroatoms. The average Bonchev–Trinajstić information content (AvgIpc) is 3.28. The van der Waals surface area contributed by atoms with Crippen molar-refractivity contribution in [1.29, 1.82) is 5.26 Å². The molecule has 1 heterocycles. The van der Waals surface area contributed by atoms with Crippen molar-refractivity contribution in [3.63, 3.8) is 0 Å². The van der Waals surface area contributed by atoms with Crippen molar-refractivity contribution in [3.8, 4) is 6.07 Å². The lowest BCUT2D eigenvalue weighted by Crippen LogP contribution is -2.47. The Kier molecular flexibility index (Phi) is 8.68. The quantitative estimate of drug-likeness (QED) is 0.415. The summed E-state index contributed by atoms with van der Waals surface area (Å²) in [6.45, 7) is 1.69. The Morgan fingerprint density at radius 2 is 1.84 bits per heavy atom. The number of hydrogen-bond acceptors (Lipinski definition) is 4. The van der Waals surface area contributed by atoms with Crippen LogP contribution >= 0.6 is 11.6 Å². The maximum absolute atomic E-state index is 13.4. The molecule has 2 aromatic carbocycles. The molecule has 0 aliphatic heterocycles. The first-order valence-electron chi connectivity index (χ1n) is 11.1. The highest BCUT2D eigenvalue weighted by molar-refractivity contribution is 7.89. The number of sulfonamides is 1. The number of carbonyl (C=O) groups excluding carboxylic acids is 1. The summed E-state index contributed by atoms with van der Waals surface area (Å²) in [4.78, 5) is 14.5. The second-order valence-corrected chi connectivity index (χ2v) is 10.5. The Balaban J connectivity index is 1.85. The summed E-state index contributed by atoms with van der Waals surface area (Å²) in [6.07, 6.45) is -2.85. The lowest BCUT2D eigenvalue weighted by Gasteiger charge is -2.25. The minimum absolute atomic E-state index is 0.00226. The van der Waals surface area contributed by atoms with Crippen LogP contribution in [-0.2, 0) is 34.1 Å². The second kappa shape index (κ2) is 11.4. The van der Waals surface area contributed by atoms with Gasteiger partial charge in [0.25, 0.3) is 0 Å². The standard InChI is InChI=1S/C25H24ClF3N4O3S/c1-17-5-3-7-21(26)23(17)37(35,36)31-22(12-14-33-13-4-6-20(33)15-30)24(34)32(2)16-18-8-10-19(11-9-18)25(27,28)29/h3-11,13,22,31H,12,14,16H2,1-2H3. The Morgan fingerprint density at radius 1 is 1.16 bits per heavy atom. The van der Waals surface area contributed by atoms with Gasteiger partial charge in [-0.2, -0.15) is 23.2 Å². The van der Waals surface area contributed by atoms with Gasteiger partial charge < -0.3 is 9.47 Å². The normalized spacial score (nSPS) is 12.7. The van der Waals surface area contributed by atoms with Gasteiger partial charge in [-0.3, -0.25) is 4.79 Å². The van der Waals surface area contributed by atoms with Gasteiger partial charge in [0.05, 0.1) is 10.6 Å². The molecule has 1 aromatic heterocycles. The molecule has 0 spiro atoms. The minimum Gasteiger partial charge on any atom is -0.340 e. The van der Waals surface area contributed by atoms with Gasteiger partial charge in [-0.05, 0) is 54.8 Å². The molecule has 1 amide bonds. The lowest BCUT2D eigenvalue weighted by atomic mass is 10.1. The van der Waals surface area contributed by atoms with E-state index >= 15 is 0 Å². The largest absolute Gasteiger partial charge is 0.416 e. The van der Waals surface area contributed by atoms with Crippen LogP contribution in [0.15, 0.2) is 65.7 Å². The van der Waals surface area contributed by atoms with Gasteiger partial charge in [0.15, 0.2) is 0 Å². The van der Waals surface area contributed by atoms with Crippen molar-refractivity contribution < 1.29 is 26.4 Å². The average molecular weight is 553 g/mol. The number of nitrogens with one attached hydrogen (secondary N) is 1. The van der Waals surface area contributed by atoms with Crippen molar-refractivity contribution in [3.05, 3.63) is 88.2 Å². The van der Waals surface area contributed by atoms with E-state index in [0.717, 1.165) is 12.1 Å². The molecule has 0 aliphatic rings. The van der Waals surface area contributed by atoms with E-state index in [9.17, 15) is 31.6 Å². The monoisotopic (exact) mass is 552 g/mol. The predicted octanol–water partition coefficient (Wildman–Crippen LogP) is 4.74. The number of benzene rings is 2. The third-order valence-corrected chi connectivity index (χ3v) is 7.81. The Labute approximate surface area is 218 Å². The van der Waals surface area contributed by atoms with E-state index in [0.29, 0.717) is 16.8 Å². The molecule has 1 unspecified atom stereocenters. The van der Waals surface area contributed by atoms with Crippen molar-refractivity contribution in [2.24, 2.45) is 0 Å². The van der Waals surface area contributed by atoms with Crippen LogP contribution in [0.25, 0.3) is 0 Å². The fraction of sp³-hybridized carbons (Fsp3) is 0.280. The van der Waals surface area contributed by atoms with E-state index in [2.05, 4.69) is 4.72 Å². The number of rotatable bonds is 9. The van der Waals surface area contributed by atoms with E-state index in [-0.39, 0.29) is 29.4 Å². The molecule has 196 valence electrons. The van der Waals surface area contributed by atoms with Crippen LogP contribution in [0.2, 0.25) is 5.02 Å². The third-order valence-electron chi connectivity index (χ3n) is 5.71. The van der Waals surface area contributed by atoms with Crippen molar-refractivity contribution in [1.82, 2.24) is 14.2 Å². The summed E-state index contributed by atoms with van der Waals surface area (Å²) in [6, 6.07) is 13.0. The second-order valence-electron chi connectivity index (χ2n) is 8.44. The lowest BCUT2D eigenvalue weighted by molar-refractivity contribution is -0.137. The zero-order chi connectivity index (χ0) is 27.4. The molecule has 0 radical (unpaired) electrons. The number of nitriles is 1. The van der Waals surface area contributed by atoms with Gasteiger partial charge in [-0.1, -0.05) is 35.9 Å². The zero-order valence-electron chi connectivity index (χ0n) is 20.0. The van der Waals surface area contributed by atoms with Crippen LogP contribution < -0.4 is 4.72 Å². The Morgan fingerprint density at radius 3 is 2.43 bits per heavy atom. The van der Waals surface area contributed by atoms with E-state index in [4.69, 9.17) is 11.6 Å². The van der Waals surface area contributed by atoms with E-state index in [1.807, 2.05) is 6.07 Å². The van der Waals surface area contributed by atoms with Crippen LogP contribution in [0.4, 0.5) is 13.2 Å². The first-order valence-corrected chi connectivity index (χ1v) is 12.9. The van der Waals surface area contributed by atoms with E-state index in [1.54, 1.807) is 42.0 Å². The van der Waals surface area contributed by atoms with Gasteiger partial charge in [0.2, 0.25) is 15.9 Å². The molecule has 0 saturated carbocycles. The van der Waals surface area contributed by atoms with Crippen LogP contribution in [-0.4, -0.2) is 36.9 Å². The molecule has 3 rings (SSSR count). The molecule has 0 saturated heterocycles. The summed E-state index contributed by atoms with van der Waals surface area (Å²) < 4.78 is 69.1. The third kappa shape index (κ3) is 6.91. The number of amides is 1. The number of aryl methyl sites for hydroxylation is 2. The predicted molar refractivity (Wildman–Crippen MR) is 132 cm³/mol. The van der Waals surface area contributed by atoms with Gasteiger partial charge in [0, 0.05) is 26.3 Å². The molecule has 7 nitrogen and oxygen atoms in total. The molecule has 0 bridgehead atoms. The zero-order valence-corrected chi connectivity index (χ0v) is 21.5. The van der Waals surface area contributed by atoms with Gasteiger partial charge >= 0.3 is 6.18 Å². The maximum Gasteiger partial charge on any atom is 0.416 e. The summed E-state index contributed by atoms with van der Waals surface area (Å²) in [7, 11) is -2.80. The first kappa shape index (κ1) is 28.2. The Bertz CT molecular complexity index is 1390. The minimum atomic E-state index is -4.48. The molecular weight excluding hydrogens is 529 g/mol. The molecule has 37 heavy (non-hydrogen) atoms. The molecule has 0 fully saturated rings. The van der Waals surface area contributed by atoms with Crippen LogP contribution in [0.5, 0.6) is 0 Å². The fourth-order valence-corrected chi connectivity index (χ4v) is 5.89. The maximum atomic E-state index is 13.4. The number of halogens is 4. The number of hydrogen-bond donors (Lipinski definition) is 1. The molecule has 1 N–H and O–H groups in total. The van der Waals surface area contributed by atoms with Crippen molar-refractivity contribution >= 4 is 27.5 Å². The summed E-state index contributed by atoms with van der Waals surface area (Å²) in [5, 5.41) is 9.25. The molecular formula is C25H24ClF3N4O3S. The SMILES string of the molecule is Cc1cccc(Cl)c1S(=O)(=O)NC(CCn1cccc1C#N)C(=O)N(C)Cc1ccc(C(F)(F)F)cc1. The molecule has 0 aliphatic carbocycles. The number of likely N-dealkylation sites (N-methyl/N-ethyl adjacent to an activating group) is 1.